The number of furan rings is 1. The molecule has 1 amide bonds. The number of hydrogen-bond donors (Lipinski definition) is 2. The van der Waals surface area contributed by atoms with E-state index in [2.05, 4.69) is 5.32 Å². The summed E-state index contributed by atoms with van der Waals surface area (Å²) < 4.78 is 54.9. The van der Waals surface area contributed by atoms with Gasteiger partial charge in [0.15, 0.2) is 5.78 Å². The zero-order chi connectivity index (χ0) is 40.1. The average Bonchev–Trinajstić information content (AvgIpc) is 3.62. The number of carbonyl (C=O) groups excluding carboxylic acids is 5. The molecule has 0 aliphatic carbocycles. The Morgan fingerprint density at radius 1 is 0.907 bits per heavy atom. The number of nitrogens with one attached hydrogen (secondary N) is 1. The molecule has 3 rings (SSSR count). The van der Waals surface area contributed by atoms with Gasteiger partial charge in [-0.1, -0.05) is 35.3 Å². The predicted molar refractivity (Wildman–Crippen MR) is 195 cm³/mol. The van der Waals surface area contributed by atoms with Crippen LogP contribution in [0.3, 0.4) is 0 Å². The summed E-state index contributed by atoms with van der Waals surface area (Å²) in [4.78, 5) is 63.8. The van der Waals surface area contributed by atoms with Gasteiger partial charge in [-0.15, -0.1) is 0 Å². The van der Waals surface area contributed by atoms with Crippen molar-refractivity contribution in [3.63, 3.8) is 0 Å². The average molecular weight is 815 g/mol. The second-order valence-electron chi connectivity index (χ2n) is 12.4. The summed E-state index contributed by atoms with van der Waals surface area (Å²) >= 11 is 12.1. The summed E-state index contributed by atoms with van der Waals surface area (Å²) in [7, 11) is -4.25. The molecular weight excluding hydrogens is 773 g/mol. The lowest BCUT2D eigenvalue weighted by molar-refractivity contribution is -0.161. The quantitative estimate of drug-likeness (QED) is 0.0504. The van der Waals surface area contributed by atoms with Gasteiger partial charge >= 0.3 is 18.0 Å². The number of rotatable bonds is 20. The van der Waals surface area contributed by atoms with Crippen LogP contribution in [0.2, 0.25) is 10.0 Å². The molecule has 3 N–H and O–H groups in total. The second-order valence-corrected chi connectivity index (χ2v) is 14.8. The van der Waals surface area contributed by atoms with E-state index < -0.39 is 57.1 Å². The maximum Gasteiger partial charge on any atom is 0.413 e. The smallest absolute Gasteiger partial charge is 0.413 e. The third-order valence-electron chi connectivity index (χ3n) is 7.33. The highest BCUT2D eigenvalue weighted by atomic mass is 35.5. The van der Waals surface area contributed by atoms with Crippen LogP contribution in [-0.4, -0.2) is 94.3 Å². The van der Waals surface area contributed by atoms with Crippen LogP contribution in [-0.2, 0) is 49.8 Å². The van der Waals surface area contributed by atoms with E-state index in [-0.39, 0.29) is 68.1 Å². The van der Waals surface area contributed by atoms with Crippen molar-refractivity contribution in [1.29, 1.82) is 0 Å². The number of anilines is 1. The van der Waals surface area contributed by atoms with E-state index in [1.165, 1.54) is 30.2 Å². The van der Waals surface area contributed by atoms with Crippen LogP contribution in [0.1, 0.15) is 60.6 Å². The minimum Gasteiger partial charge on any atom is -0.467 e. The highest BCUT2D eigenvalue weighted by molar-refractivity contribution is 7.89. The van der Waals surface area contributed by atoms with Crippen LogP contribution in [0.5, 0.6) is 0 Å². The van der Waals surface area contributed by atoms with Gasteiger partial charge in [0.25, 0.3) is 0 Å². The number of halogens is 2. The lowest BCUT2D eigenvalue weighted by atomic mass is 9.98. The van der Waals surface area contributed by atoms with Crippen molar-refractivity contribution in [2.45, 2.75) is 57.1 Å². The summed E-state index contributed by atoms with van der Waals surface area (Å²) in [6.45, 7) is 5.59. The van der Waals surface area contributed by atoms with Gasteiger partial charge < -0.3 is 33.4 Å². The van der Waals surface area contributed by atoms with E-state index in [9.17, 15) is 32.4 Å². The minimum atomic E-state index is -4.25. The number of amides is 1. The summed E-state index contributed by atoms with van der Waals surface area (Å²) in [5, 5.41) is 8.34. The largest absolute Gasteiger partial charge is 0.467 e. The normalized spacial score (nSPS) is 12.1. The van der Waals surface area contributed by atoms with Crippen LogP contribution in [0.25, 0.3) is 0 Å². The molecule has 2 aromatic carbocycles. The number of sulfonamides is 1. The van der Waals surface area contributed by atoms with E-state index in [0.717, 1.165) is 6.07 Å². The van der Waals surface area contributed by atoms with Crippen LogP contribution >= 0.6 is 23.2 Å². The van der Waals surface area contributed by atoms with Crippen molar-refractivity contribution in [1.82, 2.24) is 4.90 Å². The van der Waals surface area contributed by atoms with Gasteiger partial charge in [-0.05, 0) is 64.1 Å². The van der Waals surface area contributed by atoms with Crippen molar-refractivity contribution < 1.29 is 60.5 Å². The van der Waals surface area contributed by atoms with Gasteiger partial charge in [0, 0.05) is 22.5 Å². The maximum atomic E-state index is 13.0. The first-order valence-corrected chi connectivity index (χ1v) is 18.6. The number of ether oxygens (including phenoxy) is 5. The molecule has 19 heteroatoms. The Morgan fingerprint density at radius 2 is 1.59 bits per heavy atom. The fourth-order valence-corrected chi connectivity index (χ4v) is 6.13. The lowest BCUT2D eigenvalue weighted by Crippen LogP contribution is -2.53. The number of benzene rings is 2. The number of nitrogens with zero attached hydrogens (tertiary/aromatic N) is 1. The van der Waals surface area contributed by atoms with Crippen LogP contribution < -0.4 is 10.5 Å². The highest BCUT2D eigenvalue weighted by Crippen LogP contribution is 2.29. The number of hydrogen-bond acceptors (Lipinski definition) is 14. The Hall–Kier alpha value is -4.52. The predicted octanol–water partition coefficient (Wildman–Crippen LogP) is 5.00. The van der Waals surface area contributed by atoms with E-state index >= 15 is 0 Å². The number of nitrogens with two attached hydrogens (primary N) is 1. The Morgan fingerprint density at radius 3 is 2.22 bits per heavy atom. The van der Waals surface area contributed by atoms with Crippen molar-refractivity contribution in [2.75, 3.05) is 45.1 Å². The van der Waals surface area contributed by atoms with E-state index in [1.54, 1.807) is 51.1 Å². The summed E-state index contributed by atoms with van der Waals surface area (Å²) in [5.74, 6) is -2.89. The molecule has 1 unspecified atom stereocenters. The molecular formula is C35H41Cl2N3O13S. The maximum absolute atomic E-state index is 13.0. The van der Waals surface area contributed by atoms with Crippen LogP contribution in [0.15, 0.2) is 64.1 Å². The molecule has 0 radical (unpaired) electrons. The standard InChI is InChI=1S/C35H41Cl2N3O13S/c1-22(31(42)23-7-5-8-24(36)17-23)40(35(2,3)4)34(45)53-21-52-33(44)29(41)10-12-48-13-14-49-15-16-51-32(43)26-18-30(54(38,46)47)27(37)19-28(26)39-20-25-9-6-11-50-25/h5-9,11,17-19,22,39H,10,12-16,20-21H2,1-4H3,(H2,38,46,47). The zero-order valence-corrected chi connectivity index (χ0v) is 32.3. The molecule has 1 heterocycles. The van der Waals surface area contributed by atoms with Crippen molar-refractivity contribution in [3.8, 4) is 0 Å². The number of Topliss-reactive ketones (excluding diaryl/α,β-unsaturated/α-hetero) is 2. The SMILES string of the molecule is CC(C(=O)c1cccc(Cl)c1)N(C(=O)OCOC(=O)C(=O)CCOCCOCCOC(=O)c1cc(S(N)(=O)=O)c(Cl)cc1NCc1ccco1)C(C)(C)C. The second kappa shape index (κ2) is 20.2. The number of esters is 2. The summed E-state index contributed by atoms with van der Waals surface area (Å²) in [6, 6.07) is 11.0. The Labute approximate surface area is 322 Å². The monoisotopic (exact) mass is 813 g/mol. The summed E-state index contributed by atoms with van der Waals surface area (Å²) in [6.07, 6.45) is 0.198. The molecule has 16 nitrogen and oxygen atoms in total. The third-order valence-corrected chi connectivity index (χ3v) is 8.94. The van der Waals surface area contributed by atoms with E-state index in [0.29, 0.717) is 16.3 Å². The molecule has 0 aliphatic heterocycles. The molecule has 1 aromatic heterocycles. The van der Waals surface area contributed by atoms with Crippen molar-refractivity contribution >= 4 is 68.5 Å². The van der Waals surface area contributed by atoms with Crippen molar-refractivity contribution in [3.05, 3.63) is 81.7 Å². The molecule has 0 fully saturated rings. The van der Waals surface area contributed by atoms with Gasteiger partial charge in [-0.25, -0.2) is 27.9 Å². The molecule has 0 spiro atoms. The van der Waals surface area contributed by atoms with Gasteiger partial charge in [-0.3, -0.25) is 14.5 Å². The zero-order valence-electron chi connectivity index (χ0n) is 29.9. The fourth-order valence-electron chi connectivity index (χ4n) is 4.84. The molecule has 3 aromatic rings. The molecule has 294 valence electrons. The fraction of sp³-hybridized carbons (Fsp3) is 0.400. The number of ketones is 2. The summed E-state index contributed by atoms with van der Waals surface area (Å²) in [5.41, 5.74) is -0.516. The molecule has 0 aliphatic rings. The highest BCUT2D eigenvalue weighted by Gasteiger charge is 2.36. The molecule has 1 atom stereocenters. The van der Waals surface area contributed by atoms with Gasteiger partial charge in [0.2, 0.25) is 22.6 Å². The topological polar surface area (TPSA) is 220 Å². The van der Waals surface area contributed by atoms with E-state index in [4.69, 9.17) is 56.4 Å². The lowest BCUT2D eigenvalue weighted by Gasteiger charge is -2.38. The first-order valence-electron chi connectivity index (χ1n) is 16.3. The Bertz CT molecular complexity index is 1900. The van der Waals surface area contributed by atoms with Crippen LogP contribution in [0, 0.1) is 0 Å². The Balaban J connectivity index is 1.35. The molecule has 54 heavy (non-hydrogen) atoms. The molecule has 0 saturated heterocycles. The van der Waals surface area contributed by atoms with E-state index in [1.807, 2.05) is 0 Å². The van der Waals surface area contributed by atoms with Crippen molar-refractivity contribution in [2.24, 2.45) is 5.14 Å². The first kappa shape index (κ1) is 43.9. The van der Waals surface area contributed by atoms with Gasteiger partial charge in [0.05, 0.1) is 61.6 Å². The Kier molecular flexibility index (Phi) is 16.4. The minimum absolute atomic E-state index is 0.0262. The van der Waals surface area contributed by atoms with Crippen LogP contribution in [0.4, 0.5) is 10.5 Å². The van der Waals surface area contributed by atoms with Gasteiger partial charge in [-0.2, -0.15) is 0 Å². The number of primary sulfonamides is 1. The first-order chi connectivity index (χ1) is 25.4. The molecule has 0 saturated carbocycles. The molecule has 0 bridgehead atoms. The number of carbonyl (C=O) groups is 5. The van der Waals surface area contributed by atoms with Gasteiger partial charge in [0.1, 0.15) is 17.3 Å². The third kappa shape index (κ3) is 13.4.